The van der Waals surface area contributed by atoms with E-state index < -0.39 is 24.3 Å². The maximum absolute atomic E-state index is 12.9. The van der Waals surface area contributed by atoms with Gasteiger partial charge in [-0.1, -0.05) is 244 Å². The van der Waals surface area contributed by atoms with Crippen molar-refractivity contribution in [2.24, 2.45) is 0 Å². The van der Waals surface area contributed by atoms with Gasteiger partial charge in [0.2, 0.25) is 0 Å². The Hall–Kier alpha value is -4.57. The molecular formula is C70H116NO8+. The van der Waals surface area contributed by atoms with Crippen molar-refractivity contribution in [1.82, 2.24) is 0 Å². The van der Waals surface area contributed by atoms with E-state index in [1.807, 2.05) is 21.1 Å². The molecule has 0 aromatic rings. The molecule has 0 aliphatic rings. The number of hydrogen-bond acceptors (Lipinski definition) is 7. The molecule has 0 aromatic carbocycles. The van der Waals surface area contributed by atoms with E-state index in [4.69, 9.17) is 18.9 Å². The highest BCUT2D eigenvalue weighted by Crippen LogP contribution is 2.15. The van der Waals surface area contributed by atoms with Crippen molar-refractivity contribution in [1.29, 1.82) is 0 Å². The number of unbranched alkanes of at least 4 members (excludes halogenated alkanes) is 19. The molecule has 9 heteroatoms. The van der Waals surface area contributed by atoms with Crippen LogP contribution >= 0.6 is 0 Å². The van der Waals surface area contributed by atoms with Crippen LogP contribution in [-0.4, -0.2) is 87.4 Å². The predicted octanol–water partition coefficient (Wildman–Crippen LogP) is 19.0. The van der Waals surface area contributed by atoms with Gasteiger partial charge in [0.05, 0.1) is 34.4 Å². The topological polar surface area (TPSA) is 108 Å². The van der Waals surface area contributed by atoms with Gasteiger partial charge in [0.1, 0.15) is 13.2 Å². The number of aliphatic carboxylic acids is 1. The maximum Gasteiger partial charge on any atom is 0.361 e. The van der Waals surface area contributed by atoms with E-state index >= 15 is 0 Å². The first-order valence-electron chi connectivity index (χ1n) is 31.3. The number of esters is 2. The Morgan fingerprint density at radius 3 is 1.08 bits per heavy atom. The third-order valence-electron chi connectivity index (χ3n) is 12.9. The third-order valence-corrected chi connectivity index (χ3v) is 12.9. The molecule has 79 heavy (non-hydrogen) atoms. The smallest absolute Gasteiger partial charge is 0.361 e. The Morgan fingerprint density at radius 1 is 0.392 bits per heavy atom. The highest BCUT2D eigenvalue weighted by molar-refractivity contribution is 5.71. The van der Waals surface area contributed by atoms with Crippen LogP contribution in [0.3, 0.4) is 0 Å². The van der Waals surface area contributed by atoms with E-state index in [0.717, 1.165) is 128 Å². The average Bonchev–Trinajstić information content (AvgIpc) is 3.42. The standard InChI is InChI=1S/C70H115NO8/c1-6-8-10-12-14-16-18-20-21-22-23-24-25-26-27-28-29-30-31-32-33-34-35-36-37-38-39-40-41-42-43-44-45-46-47-49-51-53-55-57-59-61-68(73)79-66(65-78-70(69(74)75)76-63-62-71(3,4)5)64-77-67(72)60-58-56-54-52-50-48-19-17-15-13-11-9-7-2/h8,10-11,13-14,16-17,19-21,23-24,26-27,29-30,32-33,35-36,38-39,66,70H,6-7,9,12,15,18,22,25,28,31,34,37,40-65H2,1-5H3/p+1/b10-8-,13-11-,16-14-,19-17-,21-20-,24-23-,27-26-,30-29-,33-32-,36-35-,39-38-. The molecule has 2 atom stereocenters. The zero-order chi connectivity index (χ0) is 57.6. The number of nitrogens with zero attached hydrogens (tertiary/aromatic N) is 1. The van der Waals surface area contributed by atoms with Crippen LogP contribution in [0, 0.1) is 0 Å². The molecule has 448 valence electrons. The predicted molar refractivity (Wildman–Crippen MR) is 336 cm³/mol. The fraction of sp³-hybridized carbons (Fsp3) is 0.643. The number of carbonyl (C=O) groups is 3. The summed E-state index contributed by atoms with van der Waals surface area (Å²) in [5, 5.41) is 9.69. The van der Waals surface area contributed by atoms with E-state index in [1.165, 1.54) is 70.6 Å². The fourth-order valence-electron chi connectivity index (χ4n) is 8.10. The number of likely N-dealkylation sites (N-methyl/N-ethyl adjacent to an activating group) is 1. The highest BCUT2D eigenvalue weighted by Gasteiger charge is 2.25. The number of quaternary nitrogens is 1. The van der Waals surface area contributed by atoms with Gasteiger partial charge in [0, 0.05) is 12.8 Å². The van der Waals surface area contributed by atoms with Crippen LogP contribution in [0.15, 0.2) is 134 Å². The molecule has 0 rings (SSSR count). The van der Waals surface area contributed by atoms with Crippen LogP contribution in [0.2, 0.25) is 0 Å². The van der Waals surface area contributed by atoms with Gasteiger partial charge in [-0.2, -0.15) is 0 Å². The minimum atomic E-state index is -1.52. The van der Waals surface area contributed by atoms with Crippen LogP contribution in [0.5, 0.6) is 0 Å². The van der Waals surface area contributed by atoms with Crippen molar-refractivity contribution in [3.05, 3.63) is 134 Å². The molecule has 0 bridgehead atoms. The number of carbonyl (C=O) groups excluding carboxylic acids is 2. The molecule has 9 nitrogen and oxygen atoms in total. The number of rotatable bonds is 56. The molecule has 0 saturated heterocycles. The van der Waals surface area contributed by atoms with Crippen molar-refractivity contribution in [2.45, 2.75) is 245 Å². The molecule has 0 spiro atoms. The lowest BCUT2D eigenvalue weighted by Gasteiger charge is -2.25. The first-order valence-corrected chi connectivity index (χ1v) is 31.3. The number of ether oxygens (including phenoxy) is 4. The number of allylic oxidation sites excluding steroid dienone is 22. The molecule has 0 fully saturated rings. The van der Waals surface area contributed by atoms with Gasteiger partial charge in [-0.15, -0.1) is 0 Å². The lowest BCUT2D eigenvalue weighted by molar-refractivity contribution is -0.870. The maximum atomic E-state index is 12.9. The van der Waals surface area contributed by atoms with E-state index in [2.05, 4.69) is 148 Å². The highest BCUT2D eigenvalue weighted by atomic mass is 16.7. The van der Waals surface area contributed by atoms with Crippen LogP contribution < -0.4 is 0 Å². The SMILES string of the molecule is CC/C=C\C/C=C\C/C=C\C/C=C\C/C=C\C/C=C\C/C=C\C/C=C\C/C=C\CCCCCCCCCCCCCCCC(=O)OC(COC(=O)CCCCCCC/C=C\C/C=C\CCC)COC(OCC[N+](C)(C)C)C(=O)O. The van der Waals surface area contributed by atoms with Crippen LogP contribution in [0.1, 0.15) is 232 Å². The Labute approximate surface area is 484 Å². The summed E-state index contributed by atoms with van der Waals surface area (Å²) < 4.78 is 22.8. The summed E-state index contributed by atoms with van der Waals surface area (Å²) in [4.78, 5) is 37.4. The van der Waals surface area contributed by atoms with Gasteiger partial charge in [-0.3, -0.25) is 9.59 Å². The summed E-state index contributed by atoms with van der Waals surface area (Å²) in [6.07, 6.45) is 82.7. The summed E-state index contributed by atoms with van der Waals surface area (Å²) >= 11 is 0. The molecule has 0 aliphatic heterocycles. The molecule has 2 unspecified atom stereocenters. The molecule has 1 N–H and O–H groups in total. The zero-order valence-corrected chi connectivity index (χ0v) is 51.0. The Morgan fingerprint density at radius 2 is 0.722 bits per heavy atom. The Balaban J connectivity index is 4.08. The van der Waals surface area contributed by atoms with Crippen molar-refractivity contribution >= 4 is 17.9 Å². The van der Waals surface area contributed by atoms with Gasteiger partial charge in [-0.05, 0) is 109 Å². The number of carboxylic acid groups (broad SMARTS) is 1. The second-order valence-corrected chi connectivity index (χ2v) is 21.6. The van der Waals surface area contributed by atoms with Gasteiger partial charge < -0.3 is 28.5 Å². The largest absolute Gasteiger partial charge is 0.477 e. The number of carboxylic acids is 1. The second-order valence-electron chi connectivity index (χ2n) is 21.6. The first kappa shape index (κ1) is 74.4. The van der Waals surface area contributed by atoms with Crippen molar-refractivity contribution in [3.63, 3.8) is 0 Å². The minimum Gasteiger partial charge on any atom is -0.477 e. The molecular weight excluding hydrogens is 983 g/mol. The fourth-order valence-corrected chi connectivity index (χ4v) is 8.10. The summed E-state index contributed by atoms with van der Waals surface area (Å²) in [5.41, 5.74) is 0. The monoisotopic (exact) mass is 1100 g/mol. The second kappa shape index (κ2) is 59.5. The quantitative estimate of drug-likeness (QED) is 0.0211. The number of hydrogen-bond donors (Lipinski definition) is 1. The lowest BCUT2D eigenvalue weighted by atomic mass is 10.0. The van der Waals surface area contributed by atoms with E-state index in [-0.39, 0.29) is 38.6 Å². The average molecular weight is 1100 g/mol. The summed E-state index contributed by atoms with van der Waals surface area (Å²) in [6.45, 7) is 4.66. The molecule has 0 heterocycles. The van der Waals surface area contributed by atoms with Crippen molar-refractivity contribution in [3.8, 4) is 0 Å². The van der Waals surface area contributed by atoms with Gasteiger partial charge in [0.15, 0.2) is 6.10 Å². The van der Waals surface area contributed by atoms with Gasteiger partial charge in [-0.25, -0.2) is 4.79 Å². The summed E-state index contributed by atoms with van der Waals surface area (Å²) in [7, 11) is 5.95. The Bertz CT molecular complexity index is 1750. The molecule has 0 aliphatic carbocycles. The lowest BCUT2D eigenvalue weighted by Crippen LogP contribution is -2.40. The van der Waals surface area contributed by atoms with E-state index in [9.17, 15) is 19.5 Å². The van der Waals surface area contributed by atoms with Crippen LogP contribution in [-0.2, 0) is 33.3 Å². The van der Waals surface area contributed by atoms with E-state index in [0.29, 0.717) is 17.4 Å². The summed E-state index contributed by atoms with van der Waals surface area (Å²) in [5.74, 6) is -2.04. The summed E-state index contributed by atoms with van der Waals surface area (Å²) in [6, 6.07) is 0. The van der Waals surface area contributed by atoms with Crippen molar-refractivity contribution in [2.75, 3.05) is 47.5 Å². The first-order chi connectivity index (χ1) is 38.6. The molecule has 0 aromatic heterocycles. The Kier molecular flexibility index (Phi) is 56.1. The minimum absolute atomic E-state index is 0.180. The third kappa shape index (κ3) is 60.9. The van der Waals surface area contributed by atoms with Gasteiger partial charge >= 0.3 is 17.9 Å². The normalized spacial score (nSPS) is 13.7. The zero-order valence-electron chi connectivity index (χ0n) is 51.0. The molecule has 0 saturated carbocycles. The molecule has 0 radical (unpaired) electrons. The van der Waals surface area contributed by atoms with Crippen molar-refractivity contribution < 1.29 is 42.9 Å². The van der Waals surface area contributed by atoms with Crippen LogP contribution in [0.25, 0.3) is 0 Å². The van der Waals surface area contributed by atoms with Crippen LogP contribution in [0.4, 0.5) is 0 Å². The van der Waals surface area contributed by atoms with E-state index in [1.54, 1.807) is 0 Å². The van der Waals surface area contributed by atoms with Gasteiger partial charge in [0.25, 0.3) is 6.29 Å². The molecule has 0 amide bonds.